The molecule has 0 aliphatic heterocycles. The molecule has 1 aliphatic rings. The number of nitrogens with zero attached hydrogens (tertiary/aromatic N) is 2. The average molecular weight is 262 g/mol. The van der Waals surface area contributed by atoms with Crippen molar-refractivity contribution in [1.82, 2.24) is 15.3 Å². The van der Waals surface area contributed by atoms with Gasteiger partial charge in [-0.2, -0.15) is 0 Å². The number of hydrogen-bond donors (Lipinski definition) is 2. The van der Waals surface area contributed by atoms with Crippen LogP contribution in [0, 0.1) is 0 Å². The summed E-state index contributed by atoms with van der Waals surface area (Å²) in [5.74, 6) is -0.629. The average Bonchev–Trinajstić information content (AvgIpc) is 2.39. The zero-order valence-corrected chi connectivity index (χ0v) is 10.8. The Hall–Kier alpha value is -1.98. The van der Waals surface area contributed by atoms with Crippen LogP contribution in [0.4, 0.5) is 0 Å². The molecular weight excluding hydrogens is 244 g/mol. The number of amides is 2. The standard InChI is InChI=1S/C13H18N4O2/c14-11(18)6-13(4-2-1-3-5-13)17-12(19)10-7-15-9-16-8-10/h7-9H,1-6H2,(H2,14,18)(H,17,19). The Labute approximate surface area is 111 Å². The highest BCUT2D eigenvalue weighted by molar-refractivity contribution is 5.94. The van der Waals surface area contributed by atoms with Crippen molar-refractivity contribution < 1.29 is 9.59 Å². The molecule has 0 bridgehead atoms. The summed E-state index contributed by atoms with van der Waals surface area (Å²) in [5, 5.41) is 2.96. The Morgan fingerprint density at radius 2 is 1.84 bits per heavy atom. The maximum absolute atomic E-state index is 12.2. The normalized spacial score (nSPS) is 17.7. The molecule has 1 aliphatic carbocycles. The van der Waals surface area contributed by atoms with Crippen molar-refractivity contribution in [2.45, 2.75) is 44.1 Å². The summed E-state index contributed by atoms with van der Waals surface area (Å²) >= 11 is 0. The quantitative estimate of drug-likeness (QED) is 0.837. The molecule has 2 amide bonds. The van der Waals surface area contributed by atoms with Crippen molar-refractivity contribution in [2.75, 3.05) is 0 Å². The number of rotatable bonds is 4. The second-order valence-corrected chi connectivity index (χ2v) is 5.07. The highest BCUT2D eigenvalue weighted by Gasteiger charge is 2.35. The van der Waals surface area contributed by atoms with Crippen molar-refractivity contribution in [3.05, 3.63) is 24.3 Å². The van der Waals surface area contributed by atoms with Crippen LogP contribution in [0.25, 0.3) is 0 Å². The van der Waals surface area contributed by atoms with Crippen LogP contribution in [-0.4, -0.2) is 27.3 Å². The molecule has 1 fully saturated rings. The number of hydrogen-bond acceptors (Lipinski definition) is 4. The van der Waals surface area contributed by atoms with Gasteiger partial charge in [0.15, 0.2) is 0 Å². The molecule has 0 unspecified atom stereocenters. The van der Waals surface area contributed by atoms with E-state index in [4.69, 9.17) is 5.73 Å². The van der Waals surface area contributed by atoms with Crippen LogP contribution in [0.3, 0.4) is 0 Å². The molecule has 3 N–H and O–H groups in total. The summed E-state index contributed by atoms with van der Waals surface area (Å²) < 4.78 is 0. The molecule has 0 radical (unpaired) electrons. The van der Waals surface area contributed by atoms with Gasteiger partial charge in [-0.05, 0) is 12.8 Å². The summed E-state index contributed by atoms with van der Waals surface area (Å²) in [6, 6.07) is 0. The van der Waals surface area contributed by atoms with Gasteiger partial charge in [0.2, 0.25) is 5.91 Å². The van der Waals surface area contributed by atoms with Crippen LogP contribution in [0.15, 0.2) is 18.7 Å². The van der Waals surface area contributed by atoms with Gasteiger partial charge in [-0.1, -0.05) is 19.3 Å². The van der Waals surface area contributed by atoms with E-state index in [0.717, 1.165) is 32.1 Å². The van der Waals surface area contributed by atoms with Crippen LogP contribution >= 0.6 is 0 Å². The number of aromatic nitrogens is 2. The van der Waals surface area contributed by atoms with Gasteiger partial charge in [0.25, 0.3) is 5.91 Å². The predicted molar refractivity (Wildman–Crippen MR) is 69.1 cm³/mol. The van der Waals surface area contributed by atoms with Gasteiger partial charge >= 0.3 is 0 Å². The van der Waals surface area contributed by atoms with E-state index in [0.29, 0.717) is 5.56 Å². The van der Waals surface area contributed by atoms with Crippen molar-refractivity contribution in [1.29, 1.82) is 0 Å². The second-order valence-electron chi connectivity index (χ2n) is 5.07. The third kappa shape index (κ3) is 3.49. The SMILES string of the molecule is NC(=O)CC1(NC(=O)c2cncnc2)CCCCC1. The van der Waals surface area contributed by atoms with Crippen LogP contribution < -0.4 is 11.1 Å². The maximum Gasteiger partial charge on any atom is 0.254 e. The largest absolute Gasteiger partial charge is 0.370 e. The molecule has 0 aromatic carbocycles. The molecule has 0 spiro atoms. The molecule has 6 heteroatoms. The molecule has 19 heavy (non-hydrogen) atoms. The Kier molecular flexibility index (Phi) is 4.09. The first kappa shape index (κ1) is 13.5. The van der Waals surface area contributed by atoms with E-state index in [1.165, 1.54) is 18.7 Å². The Morgan fingerprint density at radius 3 is 2.42 bits per heavy atom. The Morgan fingerprint density at radius 1 is 1.21 bits per heavy atom. The third-order valence-electron chi connectivity index (χ3n) is 3.52. The van der Waals surface area contributed by atoms with Gasteiger partial charge in [-0.25, -0.2) is 9.97 Å². The van der Waals surface area contributed by atoms with Gasteiger partial charge in [0.05, 0.1) is 5.56 Å². The van der Waals surface area contributed by atoms with Gasteiger partial charge in [-0.15, -0.1) is 0 Å². The Bertz CT molecular complexity index is 455. The van der Waals surface area contributed by atoms with E-state index in [1.807, 2.05) is 0 Å². The maximum atomic E-state index is 12.2. The second kappa shape index (κ2) is 5.77. The molecule has 1 aromatic rings. The minimum atomic E-state index is -0.503. The zero-order valence-electron chi connectivity index (χ0n) is 10.8. The molecule has 2 rings (SSSR count). The Balaban J connectivity index is 2.11. The monoisotopic (exact) mass is 262 g/mol. The summed E-state index contributed by atoms with van der Waals surface area (Å²) in [7, 11) is 0. The fourth-order valence-corrected chi connectivity index (χ4v) is 2.64. The number of carbonyl (C=O) groups is 2. The van der Waals surface area contributed by atoms with Crippen molar-refractivity contribution in [3.63, 3.8) is 0 Å². The molecule has 0 atom stereocenters. The highest BCUT2D eigenvalue weighted by Crippen LogP contribution is 2.31. The lowest BCUT2D eigenvalue weighted by Crippen LogP contribution is -2.52. The lowest BCUT2D eigenvalue weighted by molar-refractivity contribution is -0.119. The fraction of sp³-hybridized carbons (Fsp3) is 0.538. The van der Waals surface area contributed by atoms with Crippen LogP contribution in [-0.2, 0) is 4.79 Å². The van der Waals surface area contributed by atoms with Crippen LogP contribution in [0.5, 0.6) is 0 Å². The number of primary amides is 1. The van der Waals surface area contributed by atoms with E-state index in [9.17, 15) is 9.59 Å². The topological polar surface area (TPSA) is 98.0 Å². The van der Waals surface area contributed by atoms with E-state index in [-0.39, 0.29) is 18.2 Å². The molecule has 1 aromatic heterocycles. The summed E-state index contributed by atoms with van der Waals surface area (Å²) in [5.41, 5.74) is 5.20. The number of nitrogens with two attached hydrogens (primary N) is 1. The minimum Gasteiger partial charge on any atom is -0.370 e. The lowest BCUT2D eigenvalue weighted by Gasteiger charge is -2.37. The first-order chi connectivity index (χ1) is 9.11. The van der Waals surface area contributed by atoms with Crippen LogP contribution in [0.1, 0.15) is 48.9 Å². The van der Waals surface area contributed by atoms with E-state index in [2.05, 4.69) is 15.3 Å². The van der Waals surface area contributed by atoms with Crippen molar-refractivity contribution >= 4 is 11.8 Å². The molecule has 1 heterocycles. The fourth-order valence-electron chi connectivity index (χ4n) is 2.64. The van der Waals surface area contributed by atoms with E-state index >= 15 is 0 Å². The summed E-state index contributed by atoms with van der Waals surface area (Å²) in [6.07, 6.45) is 9.18. The van der Waals surface area contributed by atoms with E-state index in [1.54, 1.807) is 0 Å². The predicted octanol–water partition coefficient (Wildman–Crippen LogP) is 0.785. The molecule has 102 valence electrons. The highest BCUT2D eigenvalue weighted by atomic mass is 16.2. The molecular formula is C13H18N4O2. The molecule has 1 saturated carbocycles. The number of nitrogens with one attached hydrogen (secondary N) is 1. The van der Waals surface area contributed by atoms with Gasteiger partial charge in [0, 0.05) is 24.4 Å². The third-order valence-corrected chi connectivity index (χ3v) is 3.52. The van der Waals surface area contributed by atoms with Gasteiger partial charge < -0.3 is 11.1 Å². The van der Waals surface area contributed by atoms with E-state index < -0.39 is 5.54 Å². The first-order valence-electron chi connectivity index (χ1n) is 6.47. The zero-order chi connectivity index (χ0) is 13.7. The smallest absolute Gasteiger partial charge is 0.254 e. The van der Waals surface area contributed by atoms with Crippen LogP contribution in [0.2, 0.25) is 0 Å². The van der Waals surface area contributed by atoms with Crippen molar-refractivity contribution in [2.24, 2.45) is 5.73 Å². The lowest BCUT2D eigenvalue weighted by atomic mass is 9.79. The number of carbonyl (C=O) groups excluding carboxylic acids is 2. The minimum absolute atomic E-state index is 0.187. The van der Waals surface area contributed by atoms with Gasteiger partial charge in [0.1, 0.15) is 6.33 Å². The summed E-state index contributed by atoms with van der Waals surface area (Å²) in [4.78, 5) is 31.0. The first-order valence-corrected chi connectivity index (χ1v) is 6.47. The molecule has 6 nitrogen and oxygen atoms in total. The van der Waals surface area contributed by atoms with Crippen molar-refractivity contribution in [3.8, 4) is 0 Å². The van der Waals surface area contributed by atoms with Gasteiger partial charge in [-0.3, -0.25) is 9.59 Å². The molecule has 0 saturated heterocycles. The summed E-state index contributed by atoms with van der Waals surface area (Å²) in [6.45, 7) is 0.